The van der Waals surface area contributed by atoms with E-state index in [1.165, 1.54) is 0 Å². The molecular formula is C15H19N3O2. The van der Waals surface area contributed by atoms with Crippen molar-refractivity contribution in [1.29, 1.82) is 0 Å². The molecule has 20 heavy (non-hydrogen) atoms. The zero-order chi connectivity index (χ0) is 13.8. The Kier molecular flexibility index (Phi) is 3.97. The lowest BCUT2D eigenvalue weighted by molar-refractivity contribution is 0.0700. The van der Waals surface area contributed by atoms with E-state index in [-0.39, 0.29) is 0 Å². The molecule has 0 unspecified atom stereocenters. The second kappa shape index (κ2) is 6.05. The average Bonchev–Trinajstić information content (AvgIpc) is 2.98. The third kappa shape index (κ3) is 2.67. The standard InChI is InChI=1S/C15H19N3O2/c1-2-20-15-16-8-5-13(17-15)14-4-3-9-18(14)12-6-10-19-11-7-12/h3-5,8-9,12H,2,6-7,10-11H2,1H3. The molecule has 5 heteroatoms. The summed E-state index contributed by atoms with van der Waals surface area (Å²) >= 11 is 0. The van der Waals surface area contributed by atoms with Crippen molar-refractivity contribution < 1.29 is 9.47 Å². The van der Waals surface area contributed by atoms with Gasteiger partial charge in [-0.25, -0.2) is 4.98 Å². The van der Waals surface area contributed by atoms with Gasteiger partial charge in [-0.05, 0) is 38.0 Å². The zero-order valence-corrected chi connectivity index (χ0v) is 11.7. The van der Waals surface area contributed by atoms with Gasteiger partial charge in [0.1, 0.15) is 0 Å². The molecule has 5 nitrogen and oxygen atoms in total. The molecule has 1 aliphatic rings. The highest BCUT2D eigenvalue weighted by molar-refractivity contribution is 5.55. The Bertz CT molecular complexity index is 562. The number of ether oxygens (including phenoxy) is 2. The summed E-state index contributed by atoms with van der Waals surface area (Å²) in [6.45, 7) is 4.16. The minimum absolute atomic E-state index is 0.435. The first kappa shape index (κ1) is 13.1. The smallest absolute Gasteiger partial charge is 0.316 e. The van der Waals surface area contributed by atoms with Crippen LogP contribution in [0.25, 0.3) is 11.4 Å². The average molecular weight is 273 g/mol. The maximum atomic E-state index is 5.44. The lowest BCUT2D eigenvalue weighted by Crippen LogP contribution is -2.19. The monoisotopic (exact) mass is 273 g/mol. The summed E-state index contributed by atoms with van der Waals surface area (Å²) in [5.74, 6) is 0. The van der Waals surface area contributed by atoms with Crippen LogP contribution < -0.4 is 4.74 Å². The van der Waals surface area contributed by atoms with Gasteiger partial charge in [0.2, 0.25) is 0 Å². The Morgan fingerprint density at radius 2 is 2.20 bits per heavy atom. The first-order valence-electron chi connectivity index (χ1n) is 7.09. The molecule has 0 saturated carbocycles. The molecule has 0 spiro atoms. The highest BCUT2D eigenvalue weighted by atomic mass is 16.5. The summed E-state index contributed by atoms with van der Waals surface area (Å²) in [5.41, 5.74) is 2.01. The Morgan fingerprint density at radius 3 is 3.00 bits per heavy atom. The zero-order valence-electron chi connectivity index (χ0n) is 11.7. The third-order valence-corrected chi connectivity index (χ3v) is 3.53. The van der Waals surface area contributed by atoms with E-state index >= 15 is 0 Å². The molecule has 3 heterocycles. The first-order chi connectivity index (χ1) is 9.88. The lowest BCUT2D eigenvalue weighted by atomic mass is 10.1. The van der Waals surface area contributed by atoms with Crippen molar-refractivity contribution >= 4 is 0 Å². The molecule has 2 aromatic heterocycles. The van der Waals surface area contributed by atoms with Crippen LogP contribution in [0.2, 0.25) is 0 Å². The maximum Gasteiger partial charge on any atom is 0.316 e. The lowest BCUT2D eigenvalue weighted by Gasteiger charge is -2.25. The number of nitrogens with zero attached hydrogens (tertiary/aromatic N) is 3. The number of hydrogen-bond acceptors (Lipinski definition) is 4. The van der Waals surface area contributed by atoms with Gasteiger partial charge in [-0.3, -0.25) is 0 Å². The maximum absolute atomic E-state index is 5.44. The second-order valence-corrected chi connectivity index (χ2v) is 4.80. The van der Waals surface area contributed by atoms with Gasteiger partial charge in [0.05, 0.1) is 18.0 Å². The fourth-order valence-corrected chi connectivity index (χ4v) is 2.57. The Labute approximate surface area is 118 Å². The SMILES string of the molecule is CCOc1nccc(-c2cccn2C2CCOCC2)n1. The summed E-state index contributed by atoms with van der Waals surface area (Å²) in [4.78, 5) is 8.59. The summed E-state index contributed by atoms with van der Waals surface area (Å²) in [7, 11) is 0. The third-order valence-electron chi connectivity index (χ3n) is 3.53. The molecule has 3 rings (SSSR count). The molecule has 0 radical (unpaired) electrons. The van der Waals surface area contributed by atoms with Gasteiger partial charge in [-0.15, -0.1) is 0 Å². The van der Waals surface area contributed by atoms with E-state index in [1.807, 2.05) is 13.0 Å². The number of rotatable bonds is 4. The van der Waals surface area contributed by atoms with Crippen LogP contribution in [0.4, 0.5) is 0 Å². The highest BCUT2D eigenvalue weighted by Gasteiger charge is 2.18. The van der Waals surface area contributed by atoms with Crippen LogP contribution in [0.5, 0.6) is 6.01 Å². The molecule has 1 aliphatic heterocycles. The molecule has 0 atom stereocenters. The molecule has 106 valence electrons. The summed E-state index contributed by atoms with van der Waals surface area (Å²) in [6, 6.07) is 7.00. The van der Waals surface area contributed by atoms with Gasteiger partial charge >= 0.3 is 6.01 Å². The van der Waals surface area contributed by atoms with Crippen LogP contribution in [-0.4, -0.2) is 34.4 Å². The van der Waals surface area contributed by atoms with Crippen molar-refractivity contribution in [3.63, 3.8) is 0 Å². The Morgan fingerprint density at radius 1 is 1.35 bits per heavy atom. The molecule has 0 amide bonds. The van der Waals surface area contributed by atoms with Crippen LogP contribution in [0.15, 0.2) is 30.6 Å². The van der Waals surface area contributed by atoms with Crippen LogP contribution in [-0.2, 0) is 4.74 Å². The van der Waals surface area contributed by atoms with Crippen molar-refractivity contribution in [2.75, 3.05) is 19.8 Å². The van der Waals surface area contributed by atoms with E-state index in [9.17, 15) is 0 Å². The highest BCUT2D eigenvalue weighted by Crippen LogP contribution is 2.28. The van der Waals surface area contributed by atoms with Crippen molar-refractivity contribution in [2.45, 2.75) is 25.8 Å². The minimum atomic E-state index is 0.435. The molecule has 0 bridgehead atoms. The molecule has 1 saturated heterocycles. The van der Waals surface area contributed by atoms with E-state index in [0.29, 0.717) is 18.7 Å². The largest absolute Gasteiger partial charge is 0.464 e. The van der Waals surface area contributed by atoms with Gasteiger partial charge in [-0.1, -0.05) is 0 Å². The molecular weight excluding hydrogens is 254 g/mol. The van der Waals surface area contributed by atoms with Crippen molar-refractivity contribution in [3.05, 3.63) is 30.6 Å². The van der Waals surface area contributed by atoms with Crippen LogP contribution in [0.1, 0.15) is 25.8 Å². The molecule has 0 aliphatic carbocycles. The Hall–Kier alpha value is -1.88. The summed E-state index contributed by atoms with van der Waals surface area (Å²) < 4.78 is 13.1. The number of hydrogen-bond donors (Lipinski definition) is 0. The minimum Gasteiger partial charge on any atom is -0.464 e. The number of aromatic nitrogens is 3. The molecule has 0 aromatic carbocycles. The predicted molar refractivity (Wildman–Crippen MR) is 75.7 cm³/mol. The first-order valence-corrected chi connectivity index (χ1v) is 7.09. The van der Waals surface area contributed by atoms with Gasteiger partial charge in [0.25, 0.3) is 0 Å². The Balaban J connectivity index is 1.90. The van der Waals surface area contributed by atoms with E-state index in [0.717, 1.165) is 37.4 Å². The topological polar surface area (TPSA) is 49.2 Å². The van der Waals surface area contributed by atoms with Crippen LogP contribution in [0, 0.1) is 0 Å². The summed E-state index contributed by atoms with van der Waals surface area (Å²) in [6.07, 6.45) is 5.96. The van der Waals surface area contributed by atoms with E-state index in [4.69, 9.17) is 9.47 Å². The van der Waals surface area contributed by atoms with Crippen LogP contribution in [0.3, 0.4) is 0 Å². The predicted octanol–water partition coefficient (Wildman–Crippen LogP) is 2.70. The second-order valence-electron chi connectivity index (χ2n) is 4.80. The van der Waals surface area contributed by atoms with Gasteiger partial charge in [0.15, 0.2) is 0 Å². The van der Waals surface area contributed by atoms with Crippen molar-refractivity contribution in [1.82, 2.24) is 14.5 Å². The molecule has 2 aromatic rings. The van der Waals surface area contributed by atoms with Gasteiger partial charge < -0.3 is 14.0 Å². The summed E-state index contributed by atoms with van der Waals surface area (Å²) in [5, 5.41) is 0. The van der Waals surface area contributed by atoms with Gasteiger partial charge in [0, 0.05) is 31.6 Å². The van der Waals surface area contributed by atoms with E-state index < -0.39 is 0 Å². The van der Waals surface area contributed by atoms with Crippen molar-refractivity contribution in [3.8, 4) is 17.4 Å². The van der Waals surface area contributed by atoms with Crippen molar-refractivity contribution in [2.24, 2.45) is 0 Å². The van der Waals surface area contributed by atoms with Gasteiger partial charge in [-0.2, -0.15) is 4.98 Å². The fourth-order valence-electron chi connectivity index (χ4n) is 2.57. The quantitative estimate of drug-likeness (QED) is 0.859. The van der Waals surface area contributed by atoms with Crippen LogP contribution >= 0.6 is 0 Å². The van der Waals surface area contributed by atoms with E-state index in [2.05, 4.69) is 32.9 Å². The fraction of sp³-hybridized carbons (Fsp3) is 0.467. The van der Waals surface area contributed by atoms with E-state index in [1.54, 1.807) is 6.20 Å². The normalized spacial score (nSPS) is 16.2. The molecule has 0 N–H and O–H groups in total. The molecule has 1 fully saturated rings.